The molecule has 0 unspecified atom stereocenters. The van der Waals surface area contributed by atoms with Crippen LogP contribution >= 0.6 is 15.9 Å². The molecule has 1 spiro atoms. The van der Waals surface area contributed by atoms with Crippen molar-refractivity contribution in [3.63, 3.8) is 0 Å². The van der Waals surface area contributed by atoms with Gasteiger partial charge in [-0.1, -0.05) is 0 Å². The predicted molar refractivity (Wildman–Crippen MR) is 83.3 cm³/mol. The standard InChI is InChI=1S/C15H22BrN3O2/c1-14(2,3)21-13(20)18-7-4-15(5-8-18)6-9-19-11(16)10-17-12(15)19/h10H,4-9H2,1-3H3. The third-order valence-corrected chi connectivity index (χ3v) is 5.10. The minimum absolute atomic E-state index is 0.143. The molecule has 1 fully saturated rings. The fourth-order valence-electron chi connectivity index (χ4n) is 3.35. The van der Waals surface area contributed by atoms with Crippen molar-refractivity contribution in [3.8, 4) is 0 Å². The van der Waals surface area contributed by atoms with Gasteiger partial charge >= 0.3 is 6.09 Å². The zero-order valence-electron chi connectivity index (χ0n) is 12.9. The Hall–Kier alpha value is -1.04. The number of halogens is 1. The molecule has 0 saturated carbocycles. The first-order chi connectivity index (χ1) is 9.81. The van der Waals surface area contributed by atoms with Gasteiger partial charge in [-0.2, -0.15) is 0 Å². The van der Waals surface area contributed by atoms with E-state index in [1.807, 2.05) is 31.9 Å². The van der Waals surface area contributed by atoms with Gasteiger partial charge < -0.3 is 14.2 Å². The maximum atomic E-state index is 12.1. The maximum Gasteiger partial charge on any atom is 0.410 e. The molecule has 5 nitrogen and oxygen atoms in total. The number of ether oxygens (including phenoxy) is 1. The Morgan fingerprint density at radius 2 is 1.90 bits per heavy atom. The lowest BCUT2D eigenvalue weighted by Gasteiger charge is -2.38. The fourth-order valence-corrected chi connectivity index (χ4v) is 3.79. The average molecular weight is 356 g/mol. The topological polar surface area (TPSA) is 47.4 Å². The molecule has 1 aromatic heterocycles. The highest BCUT2D eigenvalue weighted by Gasteiger charge is 2.44. The Morgan fingerprint density at radius 1 is 1.29 bits per heavy atom. The fraction of sp³-hybridized carbons (Fsp3) is 0.733. The molecule has 1 aromatic rings. The summed E-state index contributed by atoms with van der Waals surface area (Å²) in [6, 6.07) is 0. The van der Waals surface area contributed by atoms with E-state index >= 15 is 0 Å². The van der Waals surface area contributed by atoms with Crippen LogP contribution in [0.25, 0.3) is 0 Å². The molecule has 3 rings (SSSR count). The first-order valence-electron chi connectivity index (χ1n) is 7.50. The van der Waals surface area contributed by atoms with E-state index in [-0.39, 0.29) is 11.5 Å². The molecule has 1 amide bonds. The van der Waals surface area contributed by atoms with Crippen LogP contribution < -0.4 is 0 Å². The zero-order valence-corrected chi connectivity index (χ0v) is 14.4. The molecule has 6 heteroatoms. The molecule has 2 aliphatic heterocycles. The monoisotopic (exact) mass is 355 g/mol. The van der Waals surface area contributed by atoms with Gasteiger partial charge in [-0.25, -0.2) is 9.78 Å². The zero-order chi connectivity index (χ0) is 15.3. The van der Waals surface area contributed by atoms with Crippen molar-refractivity contribution in [2.75, 3.05) is 13.1 Å². The van der Waals surface area contributed by atoms with Crippen LogP contribution in [-0.4, -0.2) is 39.2 Å². The minimum atomic E-state index is -0.430. The van der Waals surface area contributed by atoms with Gasteiger partial charge in [-0.15, -0.1) is 0 Å². The molecule has 3 heterocycles. The first-order valence-corrected chi connectivity index (χ1v) is 8.29. The Bertz CT molecular complexity index is 554. The van der Waals surface area contributed by atoms with Crippen molar-refractivity contribution >= 4 is 22.0 Å². The highest BCUT2D eigenvalue weighted by atomic mass is 79.9. The number of rotatable bonds is 0. The normalized spacial score (nSPS) is 20.7. The summed E-state index contributed by atoms with van der Waals surface area (Å²) in [4.78, 5) is 18.6. The Kier molecular flexibility index (Phi) is 3.55. The summed E-state index contributed by atoms with van der Waals surface area (Å²) in [5.41, 5.74) is -0.286. The summed E-state index contributed by atoms with van der Waals surface area (Å²) in [7, 11) is 0. The molecule has 0 aromatic carbocycles. The van der Waals surface area contributed by atoms with Gasteiger partial charge in [0.25, 0.3) is 0 Å². The Morgan fingerprint density at radius 3 is 2.52 bits per heavy atom. The third kappa shape index (κ3) is 2.70. The van der Waals surface area contributed by atoms with Gasteiger partial charge in [0.2, 0.25) is 0 Å². The molecular formula is C15H22BrN3O2. The number of aromatic nitrogens is 2. The van der Waals surface area contributed by atoms with E-state index in [2.05, 4.69) is 25.5 Å². The van der Waals surface area contributed by atoms with Crippen molar-refractivity contribution in [1.29, 1.82) is 0 Å². The molecule has 21 heavy (non-hydrogen) atoms. The molecule has 2 aliphatic rings. The van der Waals surface area contributed by atoms with Gasteiger partial charge in [0.15, 0.2) is 0 Å². The minimum Gasteiger partial charge on any atom is -0.444 e. The quantitative estimate of drug-likeness (QED) is 0.717. The van der Waals surface area contributed by atoms with E-state index < -0.39 is 5.60 Å². The highest BCUT2D eigenvalue weighted by Crippen LogP contribution is 2.44. The summed E-state index contributed by atoms with van der Waals surface area (Å²) in [5.74, 6) is 1.18. The van der Waals surface area contributed by atoms with Crippen LogP contribution in [0.2, 0.25) is 0 Å². The maximum absolute atomic E-state index is 12.1. The largest absolute Gasteiger partial charge is 0.444 e. The summed E-state index contributed by atoms with van der Waals surface area (Å²) in [6.45, 7) is 8.23. The molecular weight excluding hydrogens is 334 g/mol. The molecule has 0 N–H and O–H groups in total. The van der Waals surface area contributed by atoms with Gasteiger partial charge in [-0.3, -0.25) is 0 Å². The second-order valence-electron chi connectivity index (χ2n) is 7.05. The number of imidazole rings is 1. The molecule has 0 bridgehead atoms. The van der Waals surface area contributed by atoms with Crippen molar-refractivity contribution in [2.45, 2.75) is 57.6 Å². The van der Waals surface area contributed by atoms with Crippen molar-refractivity contribution in [2.24, 2.45) is 0 Å². The lowest BCUT2D eigenvalue weighted by Crippen LogP contribution is -2.46. The number of fused-ring (bicyclic) bond motifs is 2. The predicted octanol–water partition coefficient (Wildman–Crippen LogP) is 3.32. The second kappa shape index (κ2) is 5.00. The summed E-state index contributed by atoms with van der Waals surface area (Å²) >= 11 is 3.55. The number of carbonyl (C=O) groups is 1. The molecule has 116 valence electrons. The summed E-state index contributed by atoms with van der Waals surface area (Å²) in [6.07, 6.45) is 4.75. The van der Waals surface area contributed by atoms with Crippen LogP contribution in [0.5, 0.6) is 0 Å². The molecule has 0 atom stereocenters. The smallest absolute Gasteiger partial charge is 0.410 e. The van der Waals surface area contributed by atoms with E-state index in [0.29, 0.717) is 0 Å². The second-order valence-corrected chi connectivity index (χ2v) is 7.87. The van der Waals surface area contributed by atoms with Crippen LogP contribution in [0.4, 0.5) is 4.79 Å². The van der Waals surface area contributed by atoms with E-state index in [0.717, 1.165) is 43.5 Å². The van der Waals surface area contributed by atoms with E-state index in [1.54, 1.807) is 0 Å². The number of amides is 1. The summed E-state index contributed by atoms with van der Waals surface area (Å²) < 4.78 is 8.77. The highest BCUT2D eigenvalue weighted by molar-refractivity contribution is 9.10. The number of piperidine rings is 1. The van der Waals surface area contributed by atoms with Gasteiger partial charge in [0, 0.05) is 25.0 Å². The average Bonchev–Trinajstić information content (AvgIpc) is 2.92. The number of hydrogen-bond acceptors (Lipinski definition) is 3. The third-order valence-electron chi connectivity index (χ3n) is 4.47. The Balaban J connectivity index is 1.67. The lowest BCUT2D eigenvalue weighted by atomic mass is 9.77. The molecule has 0 aliphatic carbocycles. The molecule has 0 radical (unpaired) electrons. The van der Waals surface area contributed by atoms with Crippen LogP contribution in [0.3, 0.4) is 0 Å². The lowest BCUT2D eigenvalue weighted by molar-refractivity contribution is 0.0162. The number of hydrogen-bond donors (Lipinski definition) is 0. The number of nitrogens with zero attached hydrogens (tertiary/aromatic N) is 3. The van der Waals surface area contributed by atoms with Gasteiger partial charge in [0.1, 0.15) is 16.0 Å². The number of carbonyl (C=O) groups excluding carboxylic acids is 1. The van der Waals surface area contributed by atoms with E-state index in [4.69, 9.17) is 4.74 Å². The van der Waals surface area contributed by atoms with Crippen molar-refractivity contribution < 1.29 is 9.53 Å². The van der Waals surface area contributed by atoms with E-state index in [1.165, 1.54) is 5.82 Å². The van der Waals surface area contributed by atoms with Crippen LogP contribution in [-0.2, 0) is 16.7 Å². The summed E-state index contributed by atoms with van der Waals surface area (Å²) in [5, 5.41) is 0. The number of likely N-dealkylation sites (tertiary alicyclic amines) is 1. The van der Waals surface area contributed by atoms with Crippen LogP contribution in [0.1, 0.15) is 45.9 Å². The molecule has 1 saturated heterocycles. The first kappa shape index (κ1) is 14.9. The van der Waals surface area contributed by atoms with Gasteiger partial charge in [-0.05, 0) is 56.0 Å². The van der Waals surface area contributed by atoms with Crippen molar-refractivity contribution in [1.82, 2.24) is 14.5 Å². The SMILES string of the molecule is CC(C)(C)OC(=O)N1CCC2(CC1)CCn1c(Br)cnc12. The van der Waals surface area contributed by atoms with E-state index in [9.17, 15) is 4.79 Å². The Labute approximate surface area is 133 Å². The van der Waals surface area contributed by atoms with Crippen LogP contribution in [0, 0.1) is 0 Å². The van der Waals surface area contributed by atoms with Gasteiger partial charge in [0.05, 0.1) is 6.20 Å². The van der Waals surface area contributed by atoms with Crippen molar-refractivity contribution in [3.05, 3.63) is 16.6 Å². The van der Waals surface area contributed by atoms with Crippen LogP contribution in [0.15, 0.2) is 10.8 Å².